The van der Waals surface area contributed by atoms with E-state index in [1.54, 1.807) is 6.08 Å². The highest BCUT2D eigenvalue weighted by Crippen LogP contribution is 2.47. The molecule has 1 fully saturated rings. The second-order valence-electron chi connectivity index (χ2n) is 5.22. The Morgan fingerprint density at radius 2 is 2.13 bits per heavy atom. The van der Waals surface area contributed by atoms with Gasteiger partial charge in [-0.25, -0.2) is 0 Å². The van der Waals surface area contributed by atoms with Crippen molar-refractivity contribution in [3.05, 3.63) is 24.3 Å². The summed E-state index contributed by atoms with van der Waals surface area (Å²) in [6.45, 7) is 12.5. The van der Waals surface area contributed by atoms with Gasteiger partial charge >= 0.3 is 0 Å². The van der Waals surface area contributed by atoms with Crippen molar-refractivity contribution in [3.63, 3.8) is 0 Å². The van der Waals surface area contributed by atoms with Crippen LogP contribution < -0.4 is 0 Å². The zero-order valence-corrected chi connectivity index (χ0v) is 10.3. The summed E-state index contributed by atoms with van der Waals surface area (Å²) < 4.78 is 0. The predicted octanol–water partition coefficient (Wildman–Crippen LogP) is 3.76. The maximum absolute atomic E-state index is 12.0. The van der Waals surface area contributed by atoms with E-state index in [0.29, 0.717) is 5.92 Å². The number of ketones is 1. The Bertz CT molecular complexity index is 296. The van der Waals surface area contributed by atoms with Gasteiger partial charge in [0.15, 0.2) is 5.78 Å². The zero-order valence-electron chi connectivity index (χ0n) is 10.3. The Hall–Kier alpha value is -0.850. The second kappa shape index (κ2) is 4.34. The number of carbonyl (C=O) groups is 1. The third kappa shape index (κ3) is 2.22. The summed E-state index contributed by atoms with van der Waals surface area (Å²) in [5, 5.41) is 0. The van der Waals surface area contributed by atoms with E-state index in [1.165, 1.54) is 5.57 Å². The molecule has 0 amide bonds. The monoisotopic (exact) mass is 206 g/mol. The lowest BCUT2D eigenvalue weighted by atomic mass is 9.60. The van der Waals surface area contributed by atoms with E-state index in [9.17, 15) is 4.79 Å². The van der Waals surface area contributed by atoms with E-state index >= 15 is 0 Å². The van der Waals surface area contributed by atoms with Gasteiger partial charge in [-0.3, -0.25) is 4.79 Å². The van der Waals surface area contributed by atoms with Gasteiger partial charge < -0.3 is 0 Å². The van der Waals surface area contributed by atoms with Gasteiger partial charge in [-0.15, -0.1) is 0 Å². The van der Waals surface area contributed by atoms with Crippen LogP contribution in [0.1, 0.15) is 40.5 Å². The lowest BCUT2D eigenvalue weighted by Gasteiger charge is -2.43. The van der Waals surface area contributed by atoms with E-state index in [2.05, 4.69) is 27.4 Å². The molecule has 1 aliphatic rings. The minimum absolute atomic E-state index is 0.0474. The quantitative estimate of drug-likeness (QED) is 0.496. The van der Waals surface area contributed by atoms with Crippen LogP contribution in [0, 0.1) is 17.3 Å². The molecule has 2 unspecified atom stereocenters. The molecule has 0 aromatic heterocycles. The highest BCUT2D eigenvalue weighted by molar-refractivity contribution is 5.92. The van der Waals surface area contributed by atoms with Crippen molar-refractivity contribution >= 4 is 5.78 Å². The van der Waals surface area contributed by atoms with Gasteiger partial charge in [0.1, 0.15) is 0 Å². The van der Waals surface area contributed by atoms with Gasteiger partial charge in [0.25, 0.3) is 0 Å². The maximum atomic E-state index is 12.0. The van der Waals surface area contributed by atoms with E-state index in [0.717, 1.165) is 12.8 Å². The lowest BCUT2D eigenvalue weighted by molar-refractivity contribution is -0.123. The van der Waals surface area contributed by atoms with E-state index < -0.39 is 0 Å². The number of hydrogen-bond donors (Lipinski definition) is 0. The van der Waals surface area contributed by atoms with Crippen LogP contribution in [0.2, 0.25) is 0 Å². The van der Waals surface area contributed by atoms with Crippen LogP contribution >= 0.6 is 0 Å². The Kier molecular flexibility index (Phi) is 3.54. The topological polar surface area (TPSA) is 17.1 Å². The predicted molar refractivity (Wildman–Crippen MR) is 64.6 cm³/mol. The molecule has 0 aromatic rings. The first-order chi connectivity index (χ1) is 6.91. The molecular formula is C14H22O. The molecule has 1 aliphatic carbocycles. The average molecular weight is 206 g/mol. The molecule has 0 heterocycles. The van der Waals surface area contributed by atoms with Gasteiger partial charge in [-0.05, 0) is 37.2 Å². The summed E-state index contributed by atoms with van der Waals surface area (Å²) in [6.07, 6.45) is 5.70. The third-order valence-corrected chi connectivity index (χ3v) is 3.80. The summed E-state index contributed by atoms with van der Waals surface area (Å²) in [5.74, 6) is 0.833. The van der Waals surface area contributed by atoms with Gasteiger partial charge in [-0.1, -0.05) is 39.0 Å². The fourth-order valence-corrected chi connectivity index (χ4v) is 2.73. The molecule has 84 valence electrons. The van der Waals surface area contributed by atoms with Crippen LogP contribution in [-0.2, 0) is 4.79 Å². The first-order valence-corrected chi connectivity index (χ1v) is 5.76. The lowest BCUT2D eigenvalue weighted by Crippen LogP contribution is -2.39. The average Bonchev–Trinajstić information content (AvgIpc) is 2.12. The van der Waals surface area contributed by atoms with E-state index in [-0.39, 0.29) is 17.1 Å². The standard InChI is InChI=1S/C14H22O/c1-6-7-12(15)13-10(2)8-9-11(3)14(13,4)5/h6-7,10,13H,3,8-9H2,1-2,4-5H3. The molecule has 1 heteroatoms. The first kappa shape index (κ1) is 12.2. The Labute approximate surface area is 93.3 Å². The van der Waals surface area contributed by atoms with Crippen LogP contribution in [0.4, 0.5) is 0 Å². The van der Waals surface area contributed by atoms with Crippen LogP contribution in [0.5, 0.6) is 0 Å². The van der Waals surface area contributed by atoms with Crippen molar-refractivity contribution in [1.29, 1.82) is 0 Å². The minimum atomic E-state index is -0.0474. The minimum Gasteiger partial charge on any atom is -0.295 e. The fraction of sp³-hybridized carbons (Fsp3) is 0.643. The molecule has 1 saturated carbocycles. The highest BCUT2D eigenvalue weighted by Gasteiger charge is 2.42. The first-order valence-electron chi connectivity index (χ1n) is 5.76. The fourth-order valence-electron chi connectivity index (χ4n) is 2.73. The summed E-state index contributed by atoms with van der Waals surface area (Å²) in [4.78, 5) is 12.0. The number of hydrogen-bond acceptors (Lipinski definition) is 1. The van der Waals surface area contributed by atoms with Crippen molar-refractivity contribution in [2.24, 2.45) is 17.3 Å². The summed E-state index contributed by atoms with van der Waals surface area (Å²) in [6, 6.07) is 0. The van der Waals surface area contributed by atoms with Crippen molar-refractivity contribution in [1.82, 2.24) is 0 Å². The molecule has 0 bridgehead atoms. The van der Waals surface area contributed by atoms with Crippen molar-refractivity contribution in [3.8, 4) is 0 Å². The van der Waals surface area contributed by atoms with Crippen LogP contribution in [0.15, 0.2) is 24.3 Å². The normalized spacial score (nSPS) is 30.8. The summed E-state index contributed by atoms with van der Waals surface area (Å²) in [5.41, 5.74) is 1.18. The van der Waals surface area contributed by atoms with Crippen LogP contribution in [-0.4, -0.2) is 5.78 Å². The van der Waals surface area contributed by atoms with Crippen LogP contribution in [0.3, 0.4) is 0 Å². The molecular weight excluding hydrogens is 184 g/mol. The number of rotatable bonds is 2. The largest absolute Gasteiger partial charge is 0.295 e. The summed E-state index contributed by atoms with van der Waals surface area (Å²) in [7, 11) is 0. The molecule has 0 N–H and O–H groups in total. The number of carbonyl (C=O) groups excluding carboxylic acids is 1. The van der Waals surface area contributed by atoms with Gasteiger partial charge in [0.2, 0.25) is 0 Å². The van der Waals surface area contributed by atoms with Crippen molar-refractivity contribution in [2.75, 3.05) is 0 Å². The van der Waals surface area contributed by atoms with E-state index in [4.69, 9.17) is 0 Å². The van der Waals surface area contributed by atoms with Gasteiger partial charge in [0, 0.05) is 5.92 Å². The molecule has 0 spiro atoms. The van der Waals surface area contributed by atoms with Crippen molar-refractivity contribution < 1.29 is 4.79 Å². The Morgan fingerprint density at radius 3 is 2.67 bits per heavy atom. The molecule has 0 aliphatic heterocycles. The highest BCUT2D eigenvalue weighted by atomic mass is 16.1. The SMILES string of the molecule is C=C1CCC(C)C(C(=O)C=CC)C1(C)C. The number of allylic oxidation sites excluding steroid dienone is 3. The molecule has 0 aromatic carbocycles. The van der Waals surface area contributed by atoms with Gasteiger partial charge in [-0.2, -0.15) is 0 Å². The Balaban J connectivity index is 3.00. The van der Waals surface area contributed by atoms with Crippen molar-refractivity contribution in [2.45, 2.75) is 40.5 Å². The molecule has 1 rings (SSSR count). The second-order valence-corrected chi connectivity index (χ2v) is 5.22. The smallest absolute Gasteiger partial charge is 0.159 e. The molecule has 2 atom stereocenters. The third-order valence-electron chi connectivity index (χ3n) is 3.80. The molecule has 15 heavy (non-hydrogen) atoms. The van der Waals surface area contributed by atoms with E-state index in [1.807, 2.05) is 13.0 Å². The molecule has 1 nitrogen and oxygen atoms in total. The van der Waals surface area contributed by atoms with Crippen LogP contribution in [0.25, 0.3) is 0 Å². The maximum Gasteiger partial charge on any atom is 0.159 e. The molecule has 0 radical (unpaired) electrons. The Morgan fingerprint density at radius 1 is 1.53 bits per heavy atom. The molecule has 0 saturated heterocycles. The summed E-state index contributed by atoms with van der Waals surface area (Å²) >= 11 is 0. The van der Waals surface area contributed by atoms with Gasteiger partial charge in [0.05, 0.1) is 0 Å². The zero-order chi connectivity index (χ0) is 11.6.